The number of para-hydroxylation sites is 1. The lowest BCUT2D eigenvalue weighted by molar-refractivity contribution is -0.139. The molecule has 0 spiro atoms. The molecule has 1 aliphatic heterocycles. The number of aromatic nitrogens is 2. The number of amides is 1. The van der Waals surface area contributed by atoms with E-state index in [1.165, 1.54) is 30.2 Å². The molecule has 0 saturated carbocycles. The van der Waals surface area contributed by atoms with Crippen molar-refractivity contribution in [3.05, 3.63) is 89.8 Å². The van der Waals surface area contributed by atoms with Gasteiger partial charge in [0, 0.05) is 25.5 Å². The molecule has 1 aliphatic rings. The molecule has 0 aliphatic carbocycles. The first-order valence-electron chi connectivity index (χ1n) is 10.1. The van der Waals surface area contributed by atoms with Gasteiger partial charge in [-0.15, -0.1) is 0 Å². The van der Waals surface area contributed by atoms with Crippen LogP contribution in [-0.2, 0) is 16.1 Å². The van der Waals surface area contributed by atoms with Crippen LogP contribution >= 0.6 is 0 Å². The zero-order valence-corrected chi connectivity index (χ0v) is 17.4. The number of nitrogens with zero attached hydrogens (tertiary/aromatic N) is 3. The first-order chi connectivity index (χ1) is 15.5. The standard InChI is InChI=1S/C24H22FN3O4/c1-32-19-9-3-2-8-18(19)22(29)20-21(16-6-4-7-17(25)14-16)28(24(31)23(20)30)12-5-11-27-13-10-26-15-27/h2-4,6-10,13-15,21,29H,5,11-12H2,1H3/b22-20+. The third kappa shape index (κ3) is 3.99. The number of aliphatic hydroxyl groups excluding tert-OH is 1. The first-order valence-corrected chi connectivity index (χ1v) is 10.1. The number of carbonyl (C=O) groups excluding carboxylic acids is 2. The number of benzene rings is 2. The molecule has 1 atom stereocenters. The summed E-state index contributed by atoms with van der Waals surface area (Å²) in [6, 6.07) is 11.5. The van der Waals surface area contributed by atoms with Crippen molar-refractivity contribution in [2.45, 2.75) is 19.0 Å². The van der Waals surface area contributed by atoms with Crippen molar-refractivity contribution in [3.8, 4) is 5.75 Å². The van der Waals surface area contributed by atoms with Crippen molar-refractivity contribution >= 4 is 17.4 Å². The minimum Gasteiger partial charge on any atom is -0.507 e. The molecule has 4 rings (SSSR count). The number of aliphatic hydroxyl groups is 1. The van der Waals surface area contributed by atoms with Gasteiger partial charge in [0.1, 0.15) is 17.3 Å². The summed E-state index contributed by atoms with van der Waals surface area (Å²) in [4.78, 5) is 31.4. The molecule has 0 bridgehead atoms. The van der Waals surface area contributed by atoms with Gasteiger partial charge in [-0.1, -0.05) is 24.3 Å². The Morgan fingerprint density at radius 3 is 2.69 bits per heavy atom. The topological polar surface area (TPSA) is 84.7 Å². The Kier molecular flexibility index (Phi) is 6.02. The fraction of sp³-hybridized carbons (Fsp3) is 0.208. The van der Waals surface area contributed by atoms with Gasteiger partial charge in [-0.2, -0.15) is 0 Å². The molecule has 1 unspecified atom stereocenters. The number of Topliss-reactive ketones (excluding diaryl/α,β-unsaturated/α-hetero) is 1. The number of rotatable bonds is 7. The number of ether oxygens (including phenoxy) is 1. The van der Waals surface area contributed by atoms with Crippen molar-refractivity contribution in [2.75, 3.05) is 13.7 Å². The van der Waals surface area contributed by atoms with Gasteiger partial charge in [0.2, 0.25) is 0 Å². The number of ketones is 1. The Morgan fingerprint density at radius 1 is 1.16 bits per heavy atom. The van der Waals surface area contributed by atoms with Crippen LogP contribution in [0.25, 0.3) is 5.76 Å². The average molecular weight is 435 g/mol. The third-order valence-corrected chi connectivity index (χ3v) is 5.44. The van der Waals surface area contributed by atoms with E-state index < -0.39 is 23.5 Å². The Bertz CT molecular complexity index is 1170. The lowest BCUT2D eigenvalue weighted by Crippen LogP contribution is -2.31. The van der Waals surface area contributed by atoms with Gasteiger partial charge in [0.15, 0.2) is 0 Å². The molecule has 2 aromatic carbocycles. The molecule has 32 heavy (non-hydrogen) atoms. The Hall–Kier alpha value is -3.94. The lowest BCUT2D eigenvalue weighted by atomic mass is 9.95. The zero-order valence-electron chi connectivity index (χ0n) is 17.4. The minimum absolute atomic E-state index is 0.0901. The van der Waals surface area contributed by atoms with E-state index in [9.17, 15) is 19.1 Å². The zero-order chi connectivity index (χ0) is 22.7. The summed E-state index contributed by atoms with van der Waals surface area (Å²) in [7, 11) is 1.45. The molecule has 0 radical (unpaired) electrons. The Morgan fingerprint density at radius 2 is 1.97 bits per heavy atom. The summed E-state index contributed by atoms with van der Waals surface area (Å²) in [5, 5.41) is 11.1. The normalized spacial score (nSPS) is 17.7. The summed E-state index contributed by atoms with van der Waals surface area (Å²) in [5.74, 6) is -2.04. The number of halogens is 1. The molecule has 1 amide bonds. The van der Waals surface area contributed by atoms with Gasteiger partial charge in [-0.3, -0.25) is 9.59 Å². The number of methoxy groups -OCH3 is 1. The summed E-state index contributed by atoms with van der Waals surface area (Å²) in [6.07, 6.45) is 5.68. The number of likely N-dealkylation sites (tertiary alicyclic amines) is 1. The summed E-state index contributed by atoms with van der Waals surface area (Å²) in [5.41, 5.74) is 0.601. The van der Waals surface area contributed by atoms with E-state index in [2.05, 4.69) is 4.98 Å². The third-order valence-electron chi connectivity index (χ3n) is 5.44. The van der Waals surface area contributed by atoms with E-state index in [4.69, 9.17) is 4.74 Å². The lowest BCUT2D eigenvalue weighted by Gasteiger charge is -2.25. The van der Waals surface area contributed by atoms with Gasteiger partial charge in [0.25, 0.3) is 11.7 Å². The minimum atomic E-state index is -0.918. The van der Waals surface area contributed by atoms with Crippen LogP contribution in [0.1, 0.15) is 23.6 Å². The van der Waals surface area contributed by atoms with Crippen molar-refractivity contribution in [1.29, 1.82) is 0 Å². The Balaban J connectivity index is 1.77. The van der Waals surface area contributed by atoms with Gasteiger partial charge < -0.3 is 19.3 Å². The molecule has 8 heteroatoms. The largest absolute Gasteiger partial charge is 0.507 e. The quantitative estimate of drug-likeness (QED) is 0.349. The van der Waals surface area contributed by atoms with Crippen LogP contribution in [0.15, 0.2) is 72.8 Å². The second kappa shape index (κ2) is 9.05. The predicted octanol–water partition coefficient (Wildman–Crippen LogP) is 3.54. The van der Waals surface area contributed by atoms with Crippen molar-refractivity contribution < 1.29 is 23.8 Å². The Labute approximate surface area is 184 Å². The molecule has 2 heterocycles. The maximum atomic E-state index is 14.1. The average Bonchev–Trinajstić information content (AvgIpc) is 3.41. The number of hydrogen-bond donors (Lipinski definition) is 1. The van der Waals surface area contributed by atoms with Crippen LogP contribution in [0.4, 0.5) is 4.39 Å². The highest BCUT2D eigenvalue weighted by Crippen LogP contribution is 2.41. The molecule has 7 nitrogen and oxygen atoms in total. The van der Waals surface area contributed by atoms with E-state index in [1.807, 2.05) is 4.57 Å². The monoisotopic (exact) mass is 435 g/mol. The highest BCUT2D eigenvalue weighted by Gasteiger charge is 2.46. The molecule has 1 fully saturated rings. The summed E-state index contributed by atoms with van der Waals surface area (Å²) >= 11 is 0. The van der Waals surface area contributed by atoms with Crippen LogP contribution in [0, 0.1) is 5.82 Å². The summed E-state index contributed by atoms with van der Waals surface area (Å²) in [6.45, 7) is 0.831. The second-order valence-corrected chi connectivity index (χ2v) is 7.40. The van der Waals surface area contributed by atoms with E-state index in [0.717, 1.165) is 0 Å². The highest BCUT2D eigenvalue weighted by molar-refractivity contribution is 6.46. The molecule has 1 N–H and O–H groups in total. The fourth-order valence-corrected chi connectivity index (χ4v) is 3.96. The molecule has 3 aromatic rings. The van der Waals surface area contributed by atoms with Crippen LogP contribution in [-0.4, -0.2) is 44.9 Å². The van der Waals surface area contributed by atoms with Crippen LogP contribution in [0.5, 0.6) is 5.75 Å². The van der Waals surface area contributed by atoms with Crippen molar-refractivity contribution in [2.24, 2.45) is 0 Å². The second-order valence-electron chi connectivity index (χ2n) is 7.40. The number of hydrogen-bond acceptors (Lipinski definition) is 5. The highest BCUT2D eigenvalue weighted by atomic mass is 19.1. The predicted molar refractivity (Wildman–Crippen MR) is 115 cm³/mol. The van der Waals surface area contributed by atoms with E-state index in [0.29, 0.717) is 24.3 Å². The maximum absolute atomic E-state index is 14.1. The van der Waals surface area contributed by atoms with E-state index in [-0.39, 0.29) is 23.4 Å². The molecule has 1 saturated heterocycles. The van der Waals surface area contributed by atoms with Gasteiger partial charge in [-0.25, -0.2) is 9.37 Å². The first kappa shape index (κ1) is 21.3. The van der Waals surface area contributed by atoms with Crippen molar-refractivity contribution in [1.82, 2.24) is 14.5 Å². The molecular weight excluding hydrogens is 413 g/mol. The van der Waals surface area contributed by atoms with E-state index >= 15 is 0 Å². The van der Waals surface area contributed by atoms with Crippen LogP contribution in [0.2, 0.25) is 0 Å². The van der Waals surface area contributed by atoms with Crippen LogP contribution in [0.3, 0.4) is 0 Å². The molecular formula is C24H22FN3O4. The maximum Gasteiger partial charge on any atom is 0.295 e. The van der Waals surface area contributed by atoms with E-state index in [1.54, 1.807) is 49.1 Å². The summed E-state index contributed by atoms with van der Waals surface area (Å²) < 4.78 is 21.2. The van der Waals surface area contributed by atoms with Gasteiger partial charge >= 0.3 is 0 Å². The fourth-order valence-electron chi connectivity index (χ4n) is 3.96. The number of imidazole rings is 1. The number of carbonyl (C=O) groups is 2. The van der Waals surface area contributed by atoms with Gasteiger partial charge in [0.05, 0.1) is 30.6 Å². The smallest absolute Gasteiger partial charge is 0.295 e. The SMILES string of the molecule is COc1ccccc1/C(O)=C1\C(=O)C(=O)N(CCCn2ccnc2)C1c1cccc(F)c1. The van der Waals surface area contributed by atoms with Crippen molar-refractivity contribution in [3.63, 3.8) is 0 Å². The van der Waals surface area contributed by atoms with Gasteiger partial charge in [-0.05, 0) is 36.2 Å². The van der Waals surface area contributed by atoms with Crippen LogP contribution < -0.4 is 4.74 Å². The molecule has 164 valence electrons. The molecule has 1 aromatic heterocycles. The number of aryl methyl sites for hydroxylation is 1.